The van der Waals surface area contributed by atoms with Crippen LogP contribution in [0, 0.1) is 6.92 Å². The molecule has 0 saturated carbocycles. The van der Waals surface area contributed by atoms with Crippen molar-refractivity contribution in [2.75, 3.05) is 18.0 Å². The monoisotopic (exact) mass is 261 g/mol. The second kappa shape index (κ2) is 5.16. The molecule has 19 heavy (non-hydrogen) atoms. The summed E-state index contributed by atoms with van der Waals surface area (Å²) in [6.45, 7) is 15.3. The molecule has 1 fully saturated rings. The molecule has 2 atom stereocenters. The van der Waals surface area contributed by atoms with E-state index in [0.717, 1.165) is 13.1 Å². The van der Waals surface area contributed by atoms with Gasteiger partial charge in [-0.2, -0.15) is 0 Å². The number of anilines is 1. The van der Waals surface area contributed by atoms with Crippen molar-refractivity contribution in [1.29, 1.82) is 0 Å². The molecule has 0 radical (unpaired) electrons. The van der Waals surface area contributed by atoms with Gasteiger partial charge in [-0.25, -0.2) is 0 Å². The Kier molecular flexibility index (Phi) is 3.91. The summed E-state index contributed by atoms with van der Waals surface area (Å²) in [5.74, 6) is 0. The van der Waals surface area contributed by atoms with Gasteiger partial charge in [0.2, 0.25) is 0 Å². The van der Waals surface area contributed by atoms with Crippen molar-refractivity contribution in [2.24, 2.45) is 0 Å². The Morgan fingerprint density at radius 1 is 1.11 bits per heavy atom. The zero-order chi connectivity index (χ0) is 14.2. The van der Waals surface area contributed by atoms with Crippen LogP contribution in [0.5, 0.6) is 0 Å². The van der Waals surface area contributed by atoms with E-state index in [1.165, 1.54) is 16.8 Å². The lowest BCUT2D eigenvalue weighted by atomic mass is 9.86. The van der Waals surface area contributed by atoms with Crippen molar-refractivity contribution in [3.05, 3.63) is 29.3 Å². The van der Waals surface area contributed by atoms with E-state index in [1.54, 1.807) is 0 Å². The molecular weight excluding hydrogens is 234 g/mol. The minimum Gasteiger partial charge on any atom is -0.372 e. The van der Waals surface area contributed by atoms with Gasteiger partial charge in [0.25, 0.3) is 0 Å². The van der Waals surface area contributed by atoms with Crippen molar-refractivity contribution in [3.63, 3.8) is 0 Å². The van der Waals surface area contributed by atoms with Crippen LogP contribution >= 0.6 is 0 Å². The first-order valence-electron chi connectivity index (χ1n) is 7.29. The predicted molar refractivity (Wildman–Crippen MR) is 82.1 cm³/mol. The van der Waals surface area contributed by atoms with E-state index in [-0.39, 0.29) is 5.41 Å². The largest absolute Gasteiger partial charge is 0.372 e. The number of aryl methyl sites for hydroxylation is 1. The molecule has 2 nitrogen and oxygen atoms in total. The third kappa shape index (κ3) is 3.30. The number of nitrogens with zero attached hydrogens (tertiary/aromatic N) is 1. The first-order chi connectivity index (χ1) is 8.77. The normalized spacial score (nSPS) is 24.6. The van der Waals surface area contributed by atoms with Crippen LogP contribution < -0.4 is 4.90 Å². The number of hydrogen-bond donors (Lipinski definition) is 0. The molecule has 2 unspecified atom stereocenters. The molecule has 2 rings (SSSR count). The molecule has 0 amide bonds. The zero-order valence-corrected chi connectivity index (χ0v) is 13.2. The Hall–Kier alpha value is -1.02. The summed E-state index contributed by atoms with van der Waals surface area (Å²) in [4.78, 5) is 2.48. The molecule has 1 aliphatic rings. The van der Waals surface area contributed by atoms with Gasteiger partial charge < -0.3 is 9.64 Å². The Balaban J connectivity index is 2.33. The smallest absolute Gasteiger partial charge is 0.0726 e. The van der Waals surface area contributed by atoms with E-state index in [9.17, 15) is 0 Å². The predicted octanol–water partition coefficient (Wildman–Crippen LogP) is 3.91. The first kappa shape index (κ1) is 14.4. The van der Waals surface area contributed by atoms with E-state index >= 15 is 0 Å². The summed E-state index contributed by atoms with van der Waals surface area (Å²) < 4.78 is 5.83. The van der Waals surface area contributed by atoms with Crippen LogP contribution in [0.15, 0.2) is 18.2 Å². The lowest BCUT2D eigenvalue weighted by molar-refractivity contribution is -0.00525. The van der Waals surface area contributed by atoms with E-state index in [2.05, 4.69) is 64.6 Å². The maximum Gasteiger partial charge on any atom is 0.0726 e. The molecule has 0 bridgehead atoms. The van der Waals surface area contributed by atoms with Crippen LogP contribution in [0.25, 0.3) is 0 Å². The summed E-state index contributed by atoms with van der Waals surface area (Å²) in [5, 5.41) is 0. The third-order valence-electron chi connectivity index (χ3n) is 3.84. The maximum absolute atomic E-state index is 5.83. The highest BCUT2D eigenvalue weighted by Crippen LogP contribution is 2.30. The number of ether oxygens (including phenoxy) is 1. The van der Waals surface area contributed by atoms with Gasteiger partial charge in [0.15, 0.2) is 0 Å². The van der Waals surface area contributed by atoms with E-state index in [1.807, 2.05) is 0 Å². The Morgan fingerprint density at radius 2 is 1.68 bits per heavy atom. The van der Waals surface area contributed by atoms with Crippen LogP contribution in [0.1, 0.15) is 45.7 Å². The maximum atomic E-state index is 5.83. The SMILES string of the molecule is Cc1ccc(C(C)(C)C)cc1N1CC(C)OC(C)C1. The number of hydrogen-bond acceptors (Lipinski definition) is 2. The summed E-state index contributed by atoms with van der Waals surface area (Å²) in [6.07, 6.45) is 0.614. The quantitative estimate of drug-likeness (QED) is 0.760. The fraction of sp³-hybridized carbons (Fsp3) is 0.647. The van der Waals surface area contributed by atoms with Crippen LogP contribution in [0.2, 0.25) is 0 Å². The molecule has 0 spiro atoms. The van der Waals surface area contributed by atoms with Gasteiger partial charge in [0.1, 0.15) is 0 Å². The Labute approximate surface area is 117 Å². The highest BCUT2D eigenvalue weighted by molar-refractivity contribution is 5.56. The van der Waals surface area contributed by atoms with Crippen molar-refractivity contribution < 1.29 is 4.74 Å². The van der Waals surface area contributed by atoms with Gasteiger partial charge in [0.05, 0.1) is 12.2 Å². The molecule has 1 heterocycles. The summed E-state index contributed by atoms with van der Waals surface area (Å²) in [5.41, 5.74) is 4.33. The highest BCUT2D eigenvalue weighted by Gasteiger charge is 2.24. The second-order valence-corrected chi connectivity index (χ2v) is 6.91. The van der Waals surface area contributed by atoms with Gasteiger partial charge in [0, 0.05) is 18.8 Å². The van der Waals surface area contributed by atoms with Gasteiger partial charge >= 0.3 is 0 Å². The molecular formula is C17H27NO. The molecule has 0 aromatic heterocycles. The molecule has 0 aliphatic carbocycles. The summed E-state index contributed by atoms with van der Waals surface area (Å²) >= 11 is 0. The third-order valence-corrected chi connectivity index (χ3v) is 3.84. The lowest BCUT2D eigenvalue weighted by Gasteiger charge is -2.38. The number of benzene rings is 1. The minimum absolute atomic E-state index is 0.200. The minimum atomic E-state index is 0.200. The Bertz CT molecular complexity index is 437. The molecule has 1 saturated heterocycles. The molecule has 0 N–H and O–H groups in total. The molecule has 1 aliphatic heterocycles. The molecule has 1 aromatic rings. The second-order valence-electron chi connectivity index (χ2n) is 6.91. The van der Waals surface area contributed by atoms with Crippen LogP contribution in [0.4, 0.5) is 5.69 Å². The van der Waals surface area contributed by atoms with Gasteiger partial charge in [-0.3, -0.25) is 0 Å². The summed E-state index contributed by atoms with van der Waals surface area (Å²) in [7, 11) is 0. The topological polar surface area (TPSA) is 12.5 Å². The molecule has 2 heteroatoms. The van der Waals surface area contributed by atoms with Crippen molar-refractivity contribution in [3.8, 4) is 0 Å². The average Bonchev–Trinajstić information content (AvgIpc) is 2.26. The van der Waals surface area contributed by atoms with Crippen LogP contribution in [-0.4, -0.2) is 25.3 Å². The van der Waals surface area contributed by atoms with E-state index in [0.29, 0.717) is 12.2 Å². The van der Waals surface area contributed by atoms with E-state index < -0.39 is 0 Å². The fourth-order valence-corrected chi connectivity index (χ4v) is 2.79. The van der Waals surface area contributed by atoms with Crippen molar-refractivity contribution in [2.45, 2.75) is 59.2 Å². The van der Waals surface area contributed by atoms with Gasteiger partial charge in [-0.15, -0.1) is 0 Å². The number of rotatable bonds is 1. The average molecular weight is 261 g/mol. The standard InChI is InChI=1S/C17H27NO/c1-12-7-8-15(17(4,5)6)9-16(12)18-10-13(2)19-14(3)11-18/h7-9,13-14H,10-11H2,1-6H3. The molecule has 1 aromatic carbocycles. The van der Waals surface area contributed by atoms with Gasteiger partial charge in [-0.05, 0) is 43.4 Å². The van der Waals surface area contributed by atoms with Crippen molar-refractivity contribution in [1.82, 2.24) is 0 Å². The summed E-state index contributed by atoms with van der Waals surface area (Å²) in [6, 6.07) is 6.87. The van der Waals surface area contributed by atoms with Gasteiger partial charge in [-0.1, -0.05) is 32.9 Å². The Morgan fingerprint density at radius 3 is 2.21 bits per heavy atom. The number of morpholine rings is 1. The van der Waals surface area contributed by atoms with Crippen molar-refractivity contribution >= 4 is 5.69 Å². The first-order valence-corrected chi connectivity index (χ1v) is 7.29. The highest BCUT2D eigenvalue weighted by atomic mass is 16.5. The van der Waals surface area contributed by atoms with Crippen LogP contribution in [0.3, 0.4) is 0 Å². The van der Waals surface area contributed by atoms with Crippen LogP contribution in [-0.2, 0) is 10.2 Å². The fourth-order valence-electron chi connectivity index (χ4n) is 2.79. The molecule has 106 valence electrons. The lowest BCUT2D eigenvalue weighted by Crippen LogP contribution is -2.45. The zero-order valence-electron chi connectivity index (χ0n) is 13.2. The van der Waals surface area contributed by atoms with E-state index in [4.69, 9.17) is 4.74 Å².